The summed E-state index contributed by atoms with van der Waals surface area (Å²) in [5, 5.41) is 21.3. The lowest BCUT2D eigenvalue weighted by atomic mass is 10.0. The van der Waals surface area contributed by atoms with Gasteiger partial charge in [0.05, 0.1) is 52.2 Å². The van der Waals surface area contributed by atoms with E-state index in [0.29, 0.717) is 51.9 Å². The van der Waals surface area contributed by atoms with E-state index < -0.39 is 5.23 Å². The van der Waals surface area contributed by atoms with Gasteiger partial charge in [-0.05, 0) is 29.8 Å². The maximum absolute atomic E-state index is 14.0. The molecule has 0 radical (unpaired) electrons. The first-order valence-electron chi connectivity index (χ1n) is 13.1. The summed E-state index contributed by atoms with van der Waals surface area (Å²) in [6.07, 6.45) is 0. The van der Waals surface area contributed by atoms with Gasteiger partial charge in [-0.15, -0.1) is 24.0 Å². The summed E-state index contributed by atoms with van der Waals surface area (Å²) >= 11 is 6.36. The third-order valence-corrected chi connectivity index (χ3v) is 8.11. The van der Waals surface area contributed by atoms with Crippen molar-refractivity contribution in [3.63, 3.8) is 0 Å². The van der Waals surface area contributed by atoms with Crippen LogP contribution in [0.1, 0.15) is 27.5 Å². The molecule has 2 unspecified atom stereocenters. The number of halogens is 2. The summed E-state index contributed by atoms with van der Waals surface area (Å²) in [5.74, 6) is 1.53. The number of para-hydroxylation sites is 1. The van der Waals surface area contributed by atoms with E-state index in [1.165, 1.54) is 14.2 Å². The van der Waals surface area contributed by atoms with Crippen LogP contribution in [0.3, 0.4) is 0 Å². The normalized spacial score (nSPS) is 15.2. The van der Waals surface area contributed by atoms with Crippen molar-refractivity contribution >= 4 is 57.9 Å². The van der Waals surface area contributed by atoms with Gasteiger partial charge in [0.15, 0.2) is 17.2 Å². The molecule has 2 heterocycles. The number of aromatic nitrogens is 1. The van der Waals surface area contributed by atoms with Gasteiger partial charge in [0.1, 0.15) is 17.9 Å². The fourth-order valence-electron chi connectivity index (χ4n) is 5.62. The zero-order valence-corrected chi connectivity index (χ0v) is 25.6. The molecule has 0 spiro atoms. The molecule has 2 atom stereocenters. The lowest BCUT2D eigenvalue weighted by Gasteiger charge is -2.31. The highest BCUT2D eigenvalue weighted by atomic mass is 35.5. The van der Waals surface area contributed by atoms with Crippen molar-refractivity contribution in [2.24, 2.45) is 0 Å². The standard InChI is InChI=1S/C30H33ClN4O6.ClH/c1-35(2,17-18-8-6-7-9-24(18)34(37)38)21-10-11-22-20(15-31)16-33(25(22)14-21)30(36)23-12-19-13-26(39-3)28(40-4)29(41-5)27(19)32-23;/h6-14,20,34,37H,15-17H2,1-5H3;1H/p+1. The first kappa shape index (κ1) is 31.4. The van der Waals surface area contributed by atoms with Crippen LogP contribution in [0.25, 0.3) is 10.9 Å². The maximum Gasteiger partial charge on any atom is 0.274 e. The van der Waals surface area contributed by atoms with E-state index in [2.05, 4.69) is 4.98 Å². The van der Waals surface area contributed by atoms with Gasteiger partial charge in [-0.1, -0.05) is 18.2 Å². The Kier molecular flexibility index (Phi) is 9.27. The Bertz CT molecular complexity index is 1610. The number of nitrogens with one attached hydrogen (secondary N) is 2. The number of anilines is 1. The van der Waals surface area contributed by atoms with Crippen LogP contribution in [0, 0.1) is 5.21 Å². The van der Waals surface area contributed by atoms with Crippen LogP contribution in [0.2, 0.25) is 0 Å². The smallest absolute Gasteiger partial charge is 0.274 e. The number of methoxy groups -OCH3 is 3. The Morgan fingerprint density at radius 2 is 1.81 bits per heavy atom. The van der Waals surface area contributed by atoms with Gasteiger partial charge in [-0.2, -0.15) is 5.23 Å². The number of hydrogen-bond acceptors (Lipinski definition) is 6. The number of hydrogen-bond donors (Lipinski definition) is 3. The Morgan fingerprint density at radius 3 is 2.45 bits per heavy atom. The first-order valence-corrected chi connectivity index (χ1v) is 13.6. The van der Waals surface area contributed by atoms with Crippen molar-refractivity contribution in [3.8, 4) is 17.2 Å². The Balaban J connectivity index is 0.00000405. The predicted molar refractivity (Wildman–Crippen MR) is 166 cm³/mol. The molecule has 1 aliphatic rings. The van der Waals surface area contributed by atoms with Crippen molar-refractivity contribution in [1.29, 1.82) is 0 Å². The summed E-state index contributed by atoms with van der Waals surface area (Å²) in [6, 6.07) is 16.7. The molecule has 0 saturated heterocycles. The average Bonchev–Trinajstić information content (AvgIpc) is 3.56. The largest absolute Gasteiger partial charge is 0.595 e. The maximum atomic E-state index is 14.0. The number of benzene rings is 3. The van der Waals surface area contributed by atoms with Gasteiger partial charge < -0.3 is 29.3 Å². The van der Waals surface area contributed by atoms with Crippen molar-refractivity contribution < 1.29 is 29.4 Å². The van der Waals surface area contributed by atoms with Crippen molar-refractivity contribution in [2.75, 3.05) is 52.7 Å². The molecule has 0 saturated carbocycles. The van der Waals surface area contributed by atoms with Crippen LogP contribution in [0.5, 0.6) is 17.2 Å². The molecule has 0 aliphatic carbocycles. The van der Waals surface area contributed by atoms with E-state index in [0.717, 1.165) is 27.9 Å². The number of H-pyrrole nitrogens is 1. The van der Waals surface area contributed by atoms with Gasteiger partial charge in [0, 0.05) is 35.9 Å². The van der Waals surface area contributed by atoms with Crippen molar-refractivity contribution in [1.82, 2.24) is 9.47 Å². The number of alkyl halides is 1. The predicted octanol–water partition coefficient (Wildman–Crippen LogP) is 4.77. The van der Waals surface area contributed by atoms with Crippen LogP contribution in [-0.2, 0) is 6.54 Å². The molecule has 4 aromatic rings. The van der Waals surface area contributed by atoms with E-state index in [-0.39, 0.29) is 29.9 Å². The molecule has 1 aromatic heterocycles. The summed E-state index contributed by atoms with van der Waals surface area (Å²) in [7, 11) is 8.66. The molecular formula is C30H35Cl2N4O6+. The van der Waals surface area contributed by atoms with Gasteiger partial charge in [-0.3, -0.25) is 9.28 Å². The van der Waals surface area contributed by atoms with Gasteiger partial charge in [0.25, 0.3) is 5.91 Å². The Hall–Kier alpha value is -3.51. The van der Waals surface area contributed by atoms with Crippen LogP contribution >= 0.6 is 24.0 Å². The summed E-state index contributed by atoms with van der Waals surface area (Å²) < 4.78 is 17.0. The average molecular weight is 619 g/mol. The number of nitrogens with zero attached hydrogens (tertiary/aromatic N) is 2. The molecule has 224 valence electrons. The first-order chi connectivity index (χ1) is 19.6. The number of rotatable bonds is 9. The second-order valence-corrected chi connectivity index (χ2v) is 10.9. The minimum absolute atomic E-state index is 0. The van der Waals surface area contributed by atoms with E-state index in [1.807, 2.05) is 44.4 Å². The Morgan fingerprint density at radius 1 is 1.10 bits per heavy atom. The lowest BCUT2D eigenvalue weighted by Crippen LogP contribution is -2.99. The zero-order valence-electron chi connectivity index (χ0n) is 24.1. The van der Waals surface area contributed by atoms with Gasteiger partial charge in [0.2, 0.25) is 5.75 Å². The summed E-state index contributed by atoms with van der Waals surface area (Å²) in [5.41, 5.74) is 4.76. The summed E-state index contributed by atoms with van der Waals surface area (Å²) in [6.45, 7) is 0.898. The number of ether oxygens (including phenoxy) is 3. The number of fused-ring (bicyclic) bond motifs is 2. The SMILES string of the molecule is COc1cc2cc(C(=O)N3CC(CCl)c4ccc([N+](C)(C)Cc5ccccc5[NH+]([O-])O)cc43)[nH]c2c(OC)c1OC.Cl. The highest BCUT2D eigenvalue weighted by molar-refractivity contribution is 6.19. The third-order valence-electron chi connectivity index (χ3n) is 7.74. The monoisotopic (exact) mass is 617 g/mol. The molecule has 12 heteroatoms. The lowest BCUT2D eigenvalue weighted by molar-refractivity contribution is -0.991. The van der Waals surface area contributed by atoms with Gasteiger partial charge in [-0.25, -0.2) is 5.21 Å². The van der Waals surface area contributed by atoms with E-state index >= 15 is 0 Å². The van der Waals surface area contributed by atoms with Crippen LogP contribution < -0.4 is 28.8 Å². The minimum Gasteiger partial charge on any atom is -0.595 e. The fraction of sp³-hybridized carbons (Fsp3) is 0.300. The number of carbonyl (C=O) groups excluding carboxylic acids is 1. The second-order valence-electron chi connectivity index (χ2n) is 10.6. The van der Waals surface area contributed by atoms with E-state index in [9.17, 15) is 15.2 Å². The number of quaternary nitrogens is 2. The second kappa shape index (κ2) is 12.4. The fourth-order valence-corrected chi connectivity index (χ4v) is 5.88. The molecule has 3 aromatic carbocycles. The molecule has 0 fully saturated rings. The highest BCUT2D eigenvalue weighted by Gasteiger charge is 2.36. The topological polar surface area (TPSA) is 112 Å². The van der Waals surface area contributed by atoms with Crippen LogP contribution in [0.4, 0.5) is 17.1 Å². The number of amides is 1. The Labute approximate surface area is 255 Å². The molecule has 42 heavy (non-hydrogen) atoms. The molecular weight excluding hydrogens is 583 g/mol. The minimum atomic E-state index is -0.957. The molecule has 1 aliphatic heterocycles. The molecule has 1 amide bonds. The van der Waals surface area contributed by atoms with E-state index in [4.69, 9.17) is 25.8 Å². The zero-order chi connectivity index (χ0) is 29.5. The highest BCUT2D eigenvalue weighted by Crippen LogP contribution is 2.45. The molecule has 5 rings (SSSR count). The van der Waals surface area contributed by atoms with Crippen LogP contribution in [-0.4, -0.2) is 63.9 Å². The third kappa shape index (κ3) is 5.49. The molecule has 10 nitrogen and oxygen atoms in total. The molecule has 3 N–H and O–H groups in total. The number of aromatic amines is 1. The van der Waals surface area contributed by atoms with Crippen molar-refractivity contribution in [3.05, 3.63) is 76.6 Å². The van der Waals surface area contributed by atoms with E-state index in [1.54, 1.807) is 36.3 Å². The number of carbonyl (C=O) groups is 1. The van der Waals surface area contributed by atoms with Crippen molar-refractivity contribution in [2.45, 2.75) is 12.5 Å². The van der Waals surface area contributed by atoms with Gasteiger partial charge >= 0.3 is 0 Å². The van der Waals surface area contributed by atoms with Crippen LogP contribution in [0.15, 0.2) is 54.6 Å². The quantitative estimate of drug-likeness (QED) is 0.142. The summed E-state index contributed by atoms with van der Waals surface area (Å²) in [4.78, 5) is 19.0. The molecule has 0 bridgehead atoms.